The number of esters is 1. The summed E-state index contributed by atoms with van der Waals surface area (Å²) in [5.74, 6) is 0.429. The highest BCUT2D eigenvalue weighted by Crippen LogP contribution is 2.41. The zero-order valence-electron chi connectivity index (χ0n) is 11.4. The third-order valence-corrected chi connectivity index (χ3v) is 4.05. The zero-order valence-corrected chi connectivity index (χ0v) is 12.3. The van der Waals surface area contributed by atoms with Gasteiger partial charge in [0, 0.05) is 21.8 Å². The minimum atomic E-state index is -0.324. The van der Waals surface area contributed by atoms with E-state index in [1.807, 2.05) is 13.0 Å². The molecule has 0 unspecified atom stereocenters. The van der Waals surface area contributed by atoms with Gasteiger partial charge in [-0.25, -0.2) is 4.79 Å². The van der Waals surface area contributed by atoms with Crippen molar-refractivity contribution in [2.75, 3.05) is 6.61 Å². The predicted molar refractivity (Wildman–Crippen MR) is 77.9 cm³/mol. The number of rotatable bonds is 3. The minimum absolute atomic E-state index is 0.324. The van der Waals surface area contributed by atoms with E-state index in [1.54, 1.807) is 18.7 Å². The second kappa shape index (κ2) is 6.10. The Bertz CT molecular complexity index is 544. The molecule has 2 rings (SSSR count). The predicted octanol–water partition coefficient (Wildman–Crippen LogP) is 3.53. The summed E-state index contributed by atoms with van der Waals surface area (Å²) < 4.78 is 5.04. The van der Waals surface area contributed by atoms with Crippen LogP contribution in [-0.2, 0) is 10.5 Å². The Balaban J connectivity index is 2.41. The lowest BCUT2D eigenvalue weighted by Gasteiger charge is -2.17. The first-order valence-electron chi connectivity index (χ1n) is 6.47. The number of nitrogens with zero attached hydrogens (tertiary/aromatic N) is 1. The Morgan fingerprint density at radius 1 is 1.53 bits per heavy atom. The van der Waals surface area contributed by atoms with E-state index in [1.165, 1.54) is 4.91 Å². The molecule has 0 spiro atoms. The highest BCUT2D eigenvalue weighted by molar-refractivity contribution is 8.03. The quantitative estimate of drug-likeness (QED) is 0.859. The Morgan fingerprint density at radius 2 is 2.32 bits per heavy atom. The fourth-order valence-corrected chi connectivity index (χ4v) is 3.31. The number of hydrogen-bond donors (Lipinski definition) is 1. The summed E-state index contributed by atoms with van der Waals surface area (Å²) in [7, 11) is 0. The van der Waals surface area contributed by atoms with Crippen LogP contribution in [0, 0.1) is 0 Å². The number of carbonyl (C=O) groups is 1. The molecule has 0 fully saturated rings. The molecule has 5 heteroatoms. The van der Waals surface area contributed by atoms with Crippen molar-refractivity contribution in [2.24, 2.45) is 0 Å². The molecule has 1 aliphatic heterocycles. The molecular formula is C14H18N2O2S. The molecule has 4 nitrogen and oxygen atoms in total. The molecule has 0 aromatic carbocycles. The molecule has 19 heavy (non-hydrogen) atoms. The molecule has 0 radical (unpaired) electrons. The van der Waals surface area contributed by atoms with Crippen molar-refractivity contribution in [1.82, 2.24) is 10.2 Å². The average molecular weight is 278 g/mol. The number of aromatic amines is 1. The van der Waals surface area contributed by atoms with Gasteiger partial charge in [-0.2, -0.15) is 5.10 Å². The molecule has 1 N–H and O–H groups in total. The van der Waals surface area contributed by atoms with Gasteiger partial charge in [0.1, 0.15) is 5.69 Å². The normalized spacial score (nSPS) is 18.7. The Morgan fingerprint density at radius 3 is 2.95 bits per heavy atom. The van der Waals surface area contributed by atoms with E-state index < -0.39 is 0 Å². The molecule has 0 atom stereocenters. The highest BCUT2D eigenvalue weighted by Gasteiger charge is 2.27. The first kappa shape index (κ1) is 13.9. The van der Waals surface area contributed by atoms with Crippen molar-refractivity contribution in [3.05, 3.63) is 34.0 Å². The number of allylic oxidation sites excluding steroid dienone is 3. The number of nitrogens with one attached hydrogen (secondary N) is 1. The zero-order chi connectivity index (χ0) is 13.8. The number of H-pyrrole nitrogens is 1. The Kier molecular flexibility index (Phi) is 4.47. The van der Waals surface area contributed by atoms with Crippen molar-refractivity contribution >= 4 is 23.3 Å². The van der Waals surface area contributed by atoms with Gasteiger partial charge in [-0.15, -0.1) is 11.8 Å². The van der Waals surface area contributed by atoms with E-state index in [-0.39, 0.29) is 5.97 Å². The summed E-state index contributed by atoms with van der Waals surface area (Å²) in [4.78, 5) is 13.1. The van der Waals surface area contributed by atoms with E-state index in [9.17, 15) is 4.79 Å². The molecule has 0 aliphatic carbocycles. The van der Waals surface area contributed by atoms with Crippen molar-refractivity contribution in [3.63, 3.8) is 0 Å². The maximum Gasteiger partial charge on any atom is 0.356 e. The van der Waals surface area contributed by atoms with Gasteiger partial charge in [0.15, 0.2) is 0 Å². The molecule has 1 aliphatic rings. The molecule has 102 valence electrons. The molecule has 1 aromatic rings. The fourth-order valence-electron chi connectivity index (χ4n) is 2.08. The van der Waals surface area contributed by atoms with Gasteiger partial charge in [0.05, 0.1) is 12.3 Å². The maximum atomic E-state index is 11.8. The van der Waals surface area contributed by atoms with Gasteiger partial charge >= 0.3 is 5.97 Å². The number of ether oxygens (including phenoxy) is 1. The molecule has 0 amide bonds. The van der Waals surface area contributed by atoms with Crippen LogP contribution in [0.3, 0.4) is 0 Å². The molecule has 0 bridgehead atoms. The second-order valence-corrected chi connectivity index (χ2v) is 5.13. The SMILES string of the molecule is C/C=C1\C(=C/CC)SCc2c1n[nH]c2C(=O)OCC. The van der Waals surface area contributed by atoms with Crippen LogP contribution in [0.15, 0.2) is 17.1 Å². The van der Waals surface area contributed by atoms with E-state index in [0.29, 0.717) is 12.3 Å². The van der Waals surface area contributed by atoms with Crippen LogP contribution in [-0.4, -0.2) is 22.8 Å². The smallest absolute Gasteiger partial charge is 0.356 e. The van der Waals surface area contributed by atoms with Crippen LogP contribution in [0.5, 0.6) is 0 Å². The third kappa shape index (κ3) is 2.61. The summed E-state index contributed by atoms with van der Waals surface area (Å²) in [5.41, 5.74) is 3.41. The van der Waals surface area contributed by atoms with E-state index in [0.717, 1.165) is 29.0 Å². The topological polar surface area (TPSA) is 55.0 Å². The van der Waals surface area contributed by atoms with Gasteiger partial charge in [0.25, 0.3) is 0 Å². The number of carbonyl (C=O) groups excluding carboxylic acids is 1. The van der Waals surface area contributed by atoms with Gasteiger partial charge in [-0.3, -0.25) is 5.10 Å². The molecule has 0 saturated heterocycles. The summed E-state index contributed by atoms with van der Waals surface area (Å²) in [5, 5.41) is 7.12. The molecule has 0 saturated carbocycles. The van der Waals surface area contributed by atoms with Crippen molar-refractivity contribution in [2.45, 2.75) is 32.9 Å². The van der Waals surface area contributed by atoms with E-state index >= 15 is 0 Å². The van der Waals surface area contributed by atoms with Gasteiger partial charge in [-0.05, 0) is 20.3 Å². The molecule has 1 aromatic heterocycles. The van der Waals surface area contributed by atoms with Crippen LogP contribution >= 0.6 is 11.8 Å². The first-order valence-corrected chi connectivity index (χ1v) is 7.45. The monoisotopic (exact) mass is 278 g/mol. The van der Waals surface area contributed by atoms with Gasteiger partial charge in [-0.1, -0.05) is 19.1 Å². The summed E-state index contributed by atoms with van der Waals surface area (Å²) >= 11 is 1.74. The largest absolute Gasteiger partial charge is 0.461 e. The maximum absolute atomic E-state index is 11.8. The van der Waals surface area contributed by atoms with Crippen LogP contribution in [0.4, 0.5) is 0 Å². The van der Waals surface area contributed by atoms with Crippen LogP contribution < -0.4 is 0 Å². The lowest BCUT2D eigenvalue weighted by Crippen LogP contribution is -2.09. The Labute approximate surface area is 117 Å². The lowest BCUT2D eigenvalue weighted by atomic mass is 10.1. The van der Waals surface area contributed by atoms with Crippen molar-refractivity contribution < 1.29 is 9.53 Å². The third-order valence-electron chi connectivity index (χ3n) is 2.92. The molecule has 2 heterocycles. The molecular weight excluding hydrogens is 260 g/mol. The van der Waals surface area contributed by atoms with Crippen molar-refractivity contribution in [3.8, 4) is 0 Å². The van der Waals surface area contributed by atoms with Crippen LogP contribution in [0.2, 0.25) is 0 Å². The standard InChI is InChI=1S/C14H18N2O2S/c1-4-7-11-9(5-2)12-10(8-19-11)13(16-15-12)14(17)18-6-3/h5,7H,4,6,8H2,1-3H3,(H,15,16)/b9-5+,11-7+. The lowest BCUT2D eigenvalue weighted by molar-refractivity contribution is 0.0518. The summed E-state index contributed by atoms with van der Waals surface area (Å²) in [6.07, 6.45) is 5.23. The minimum Gasteiger partial charge on any atom is -0.461 e. The number of fused-ring (bicyclic) bond motifs is 1. The second-order valence-electron chi connectivity index (χ2n) is 4.11. The highest BCUT2D eigenvalue weighted by atomic mass is 32.2. The van der Waals surface area contributed by atoms with E-state index in [4.69, 9.17) is 4.74 Å². The van der Waals surface area contributed by atoms with Crippen LogP contribution in [0.1, 0.15) is 48.9 Å². The van der Waals surface area contributed by atoms with E-state index in [2.05, 4.69) is 23.2 Å². The summed E-state index contributed by atoms with van der Waals surface area (Å²) in [6.45, 7) is 6.28. The van der Waals surface area contributed by atoms with Gasteiger partial charge in [0.2, 0.25) is 0 Å². The Hall–Kier alpha value is -1.49. The summed E-state index contributed by atoms with van der Waals surface area (Å²) in [6, 6.07) is 0. The first-order chi connectivity index (χ1) is 9.22. The number of aromatic nitrogens is 2. The van der Waals surface area contributed by atoms with Gasteiger partial charge < -0.3 is 4.74 Å². The number of hydrogen-bond acceptors (Lipinski definition) is 4. The fraction of sp³-hybridized carbons (Fsp3) is 0.429. The van der Waals surface area contributed by atoms with Crippen molar-refractivity contribution in [1.29, 1.82) is 0 Å². The van der Waals surface area contributed by atoms with Crippen LogP contribution in [0.25, 0.3) is 5.57 Å². The number of thioether (sulfide) groups is 1. The average Bonchev–Trinajstić information content (AvgIpc) is 2.83.